The zero-order valence-electron chi connectivity index (χ0n) is 10.3. The number of halogens is 5. The van der Waals surface area contributed by atoms with Crippen molar-refractivity contribution in [2.24, 2.45) is 0 Å². The van der Waals surface area contributed by atoms with E-state index in [2.05, 4.69) is 37.2 Å². The van der Waals surface area contributed by atoms with Gasteiger partial charge in [-0.05, 0) is 62.7 Å². The third kappa shape index (κ3) is 3.44. The standard InChI is InChI=1S/C13H10Br2F3NS/c1-19-11(10-6-9(14)12(15)20-10)7-3-2-4-8(5-7)13(16,17)18/h2-6,11,19H,1H3. The van der Waals surface area contributed by atoms with Gasteiger partial charge in [0.05, 0.1) is 15.4 Å². The van der Waals surface area contributed by atoms with Gasteiger partial charge >= 0.3 is 6.18 Å². The van der Waals surface area contributed by atoms with Crippen molar-refractivity contribution in [3.63, 3.8) is 0 Å². The SMILES string of the molecule is CNC(c1cccc(C(F)(F)F)c1)c1cc(Br)c(Br)s1. The highest BCUT2D eigenvalue weighted by molar-refractivity contribution is 9.13. The van der Waals surface area contributed by atoms with Crippen molar-refractivity contribution in [3.05, 3.63) is 54.6 Å². The molecule has 0 saturated carbocycles. The van der Waals surface area contributed by atoms with Crippen LogP contribution in [0.5, 0.6) is 0 Å². The van der Waals surface area contributed by atoms with E-state index in [0.29, 0.717) is 5.56 Å². The van der Waals surface area contributed by atoms with E-state index in [1.807, 2.05) is 6.07 Å². The van der Waals surface area contributed by atoms with Gasteiger partial charge in [-0.15, -0.1) is 11.3 Å². The number of nitrogens with one attached hydrogen (secondary N) is 1. The monoisotopic (exact) mass is 427 g/mol. The molecule has 1 heterocycles. The van der Waals surface area contributed by atoms with Gasteiger partial charge in [0.25, 0.3) is 0 Å². The van der Waals surface area contributed by atoms with E-state index in [1.165, 1.54) is 23.5 Å². The summed E-state index contributed by atoms with van der Waals surface area (Å²) < 4.78 is 40.1. The smallest absolute Gasteiger partial charge is 0.309 e. The van der Waals surface area contributed by atoms with Crippen molar-refractivity contribution in [1.29, 1.82) is 0 Å². The number of alkyl halides is 3. The van der Waals surface area contributed by atoms with E-state index in [9.17, 15) is 13.2 Å². The Labute approximate surface area is 135 Å². The van der Waals surface area contributed by atoms with Gasteiger partial charge in [0, 0.05) is 9.35 Å². The molecular weight excluding hydrogens is 419 g/mol. The zero-order chi connectivity index (χ0) is 14.9. The van der Waals surface area contributed by atoms with E-state index in [0.717, 1.165) is 19.2 Å². The molecule has 1 aromatic carbocycles. The molecule has 1 aromatic heterocycles. The van der Waals surface area contributed by atoms with Gasteiger partial charge in [0.2, 0.25) is 0 Å². The highest BCUT2D eigenvalue weighted by Gasteiger charge is 2.31. The first-order chi connectivity index (χ1) is 9.32. The maximum Gasteiger partial charge on any atom is 0.416 e. The van der Waals surface area contributed by atoms with E-state index in [4.69, 9.17) is 0 Å². The molecule has 2 rings (SSSR count). The van der Waals surface area contributed by atoms with Crippen molar-refractivity contribution >= 4 is 43.2 Å². The van der Waals surface area contributed by atoms with Gasteiger partial charge in [-0.3, -0.25) is 0 Å². The van der Waals surface area contributed by atoms with Crippen LogP contribution < -0.4 is 5.32 Å². The normalized spacial score (nSPS) is 13.5. The fraction of sp³-hybridized carbons (Fsp3) is 0.231. The maximum absolute atomic E-state index is 12.8. The average molecular weight is 429 g/mol. The summed E-state index contributed by atoms with van der Waals surface area (Å²) in [5.74, 6) is 0. The van der Waals surface area contributed by atoms with Gasteiger partial charge in [-0.25, -0.2) is 0 Å². The summed E-state index contributed by atoms with van der Waals surface area (Å²) in [7, 11) is 1.73. The number of benzene rings is 1. The topological polar surface area (TPSA) is 12.0 Å². The van der Waals surface area contributed by atoms with Crippen LogP contribution in [0.3, 0.4) is 0 Å². The second kappa shape index (κ2) is 6.17. The summed E-state index contributed by atoms with van der Waals surface area (Å²) in [6, 6.07) is 7.01. The molecular formula is C13H10Br2F3NS. The van der Waals surface area contributed by atoms with Crippen LogP contribution in [0.15, 0.2) is 38.6 Å². The van der Waals surface area contributed by atoms with Crippen LogP contribution >= 0.6 is 43.2 Å². The Morgan fingerprint density at radius 1 is 1.20 bits per heavy atom. The summed E-state index contributed by atoms with van der Waals surface area (Å²) in [6.07, 6.45) is -4.33. The van der Waals surface area contributed by atoms with Crippen molar-refractivity contribution in [2.75, 3.05) is 7.05 Å². The lowest BCUT2D eigenvalue weighted by atomic mass is 10.0. The van der Waals surface area contributed by atoms with Crippen LogP contribution in [-0.4, -0.2) is 7.05 Å². The minimum absolute atomic E-state index is 0.273. The third-order valence-corrected chi connectivity index (χ3v) is 6.11. The molecule has 0 aliphatic heterocycles. The van der Waals surface area contributed by atoms with E-state index < -0.39 is 11.7 Å². The van der Waals surface area contributed by atoms with E-state index in [1.54, 1.807) is 13.1 Å². The van der Waals surface area contributed by atoms with Crippen LogP contribution in [0.2, 0.25) is 0 Å². The van der Waals surface area contributed by atoms with Gasteiger partial charge < -0.3 is 5.32 Å². The van der Waals surface area contributed by atoms with Crippen LogP contribution in [0.25, 0.3) is 0 Å². The fourth-order valence-corrected chi connectivity index (χ4v) is 4.10. The third-order valence-electron chi connectivity index (χ3n) is 2.78. The Morgan fingerprint density at radius 2 is 1.90 bits per heavy atom. The average Bonchev–Trinajstić information content (AvgIpc) is 2.69. The summed E-state index contributed by atoms with van der Waals surface area (Å²) in [4.78, 5) is 0.936. The number of hydrogen-bond donors (Lipinski definition) is 1. The second-order valence-corrected chi connectivity index (χ2v) is 7.37. The summed E-state index contributed by atoms with van der Waals surface area (Å²) in [5, 5.41) is 3.06. The van der Waals surface area contributed by atoms with Crippen molar-refractivity contribution in [2.45, 2.75) is 12.2 Å². The molecule has 2 aromatic rings. The van der Waals surface area contributed by atoms with Gasteiger partial charge in [0.15, 0.2) is 0 Å². The van der Waals surface area contributed by atoms with Crippen molar-refractivity contribution < 1.29 is 13.2 Å². The number of thiophene rings is 1. The molecule has 0 aliphatic rings. The van der Waals surface area contributed by atoms with E-state index in [-0.39, 0.29) is 6.04 Å². The molecule has 0 aliphatic carbocycles. The zero-order valence-corrected chi connectivity index (χ0v) is 14.3. The quantitative estimate of drug-likeness (QED) is 0.670. The minimum Gasteiger partial charge on any atom is -0.309 e. The van der Waals surface area contributed by atoms with Gasteiger partial charge in [0.1, 0.15) is 0 Å². The molecule has 0 saturated heterocycles. The molecule has 0 spiro atoms. The van der Waals surface area contributed by atoms with Crippen LogP contribution in [0.4, 0.5) is 13.2 Å². The lowest BCUT2D eigenvalue weighted by molar-refractivity contribution is -0.137. The highest BCUT2D eigenvalue weighted by Crippen LogP contribution is 2.38. The van der Waals surface area contributed by atoms with E-state index >= 15 is 0 Å². The minimum atomic E-state index is -4.33. The molecule has 108 valence electrons. The molecule has 20 heavy (non-hydrogen) atoms. The predicted molar refractivity (Wildman–Crippen MR) is 82.1 cm³/mol. The summed E-state index contributed by atoms with van der Waals surface area (Å²) >= 11 is 8.27. The Hall–Kier alpha value is -0.370. The molecule has 1 atom stereocenters. The van der Waals surface area contributed by atoms with Gasteiger partial charge in [-0.1, -0.05) is 12.1 Å². The largest absolute Gasteiger partial charge is 0.416 e. The molecule has 0 fully saturated rings. The lowest BCUT2D eigenvalue weighted by Gasteiger charge is -2.17. The molecule has 1 N–H and O–H groups in total. The number of hydrogen-bond acceptors (Lipinski definition) is 2. The number of rotatable bonds is 3. The van der Waals surface area contributed by atoms with Crippen molar-refractivity contribution in [1.82, 2.24) is 5.32 Å². The van der Waals surface area contributed by atoms with Crippen LogP contribution in [0.1, 0.15) is 22.0 Å². The predicted octanol–water partition coefficient (Wildman–Crippen LogP) is 5.60. The Bertz CT molecular complexity index is 590. The van der Waals surface area contributed by atoms with Crippen molar-refractivity contribution in [3.8, 4) is 0 Å². The maximum atomic E-state index is 12.8. The Morgan fingerprint density at radius 3 is 2.40 bits per heavy atom. The summed E-state index contributed by atoms with van der Waals surface area (Å²) in [5.41, 5.74) is -0.0477. The first kappa shape index (κ1) is 16.0. The molecule has 1 nitrogen and oxygen atoms in total. The van der Waals surface area contributed by atoms with Crippen LogP contribution in [-0.2, 0) is 6.18 Å². The fourth-order valence-electron chi connectivity index (χ4n) is 1.87. The lowest BCUT2D eigenvalue weighted by Crippen LogP contribution is -2.17. The van der Waals surface area contributed by atoms with Gasteiger partial charge in [-0.2, -0.15) is 13.2 Å². The molecule has 0 bridgehead atoms. The first-order valence-electron chi connectivity index (χ1n) is 5.62. The molecule has 0 amide bonds. The molecule has 7 heteroatoms. The highest BCUT2D eigenvalue weighted by atomic mass is 79.9. The first-order valence-corrected chi connectivity index (χ1v) is 8.02. The molecule has 1 unspecified atom stereocenters. The Kier molecular flexibility index (Phi) is 4.94. The Balaban J connectivity index is 2.42. The second-order valence-electron chi connectivity index (χ2n) is 4.12. The van der Waals surface area contributed by atoms with Crippen LogP contribution in [0, 0.1) is 0 Å². The summed E-state index contributed by atoms with van der Waals surface area (Å²) in [6.45, 7) is 0. The molecule has 0 radical (unpaired) electrons.